The molecule has 2 aromatic rings. The summed E-state index contributed by atoms with van der Waals surface area (Å²) >= 11 is 0. The first-order valence-corrected chi connectivity index (χ1v) is 4.72. The van der Waals surface area contributed by atoms with Gasteiger partial charge in [-0.15, -0.1) is 0 Å². The highest BCUT2D eigenvalue weighted by atomic mass is 16.5. The van der Waals surface area contributed by atoms with Crippen molar-refractivity contribution in [3.8, 4) is 0 Å². The Morgan fingerprint density at radius 2 is 1.93 bits per heavy atom. The second kappa shape index (κ2) is 3.69. The van der Waals surface area contributed by atoms with E-state index in [-0.39, 0.29) is 6.09 Å². The fourth-order valence-corrected chi connectivity index (χ4v) is 1.59. The number of aromatic nitrogens is 1. The zero-order valence-electron chi connectivity index (χ0n) is 8.73. The van der Waals surface area contributed by atoms with Crippen LogP contribution in [0, 0.1) is 6.92 Å². The minimum absolute atomic E-state index is 0.363. The maximum absolute atomic E-state index is 11.4. The molecule has 0 spiro atoms. The Labute approximate surface area is 87.9 Å². The summed E-state index contributed by atoms with van der Waals surface area (Å²) < 4.78 is 6.19. The number of hydrogen-bond donors (Lipinski definition) is 0. The van der Waals surface area contributed by atoms with Crippen LogP contribution in [-0.4, -0.2) is 13.2 Å². The van der Waals surface area contributed by atoms with Gasteiger partial charge in [-0.1, -0.05) is 22.8 Å². The minimum Gasteiger partial charge on any atom is -0.415 e. The molecule has 0 saturated heterocycles. The Hall–Kier alpha value is -1.90. The topological polar surface area (TPSA) is 30.2 Å². The third-order valence-electron chi connectivity index (χ3n) is 2.38. The highest BCUT2D eigenvalue weighted by Gasteiger charge is 2.18. The van der Waals surface area contributed by atoms with Gasteiger partial charge in [-0.2, -0.15) is 4.79 Å². The van der Waals surface area contributed by atoms with E-state index >= 15 is 0 Å². The zero-order chi connectivity index (χ0) is 10.8. The first kappa shape index (κ1) is 9.65. The molecule has 3 heteroatoms. The predicted octanol–water partition coefficient (Wildman–Crippen LogP) is 2.05. The van der Waals surface area contributed by atoms with Crippen LogP contribution in [0.5, 0.6) is 0 Å². The van der Waals surface area contributed by atoms with E-state index in [9.17, 15) is 4.79 Å². The van der Waals surface area contributed by atoms with Gasteiger partial charge >= 0.3 is 6.09 Å². The van der Waals surface area contributed by atoms with Crippen molar-refractivity contribution in [3.05, 3.63) is 42.2 Å². The van der Waals surface area contributed by atoms with Crippen LogP contribution in [0.3, 0.4) is 0 Å². The molecule has 1 aromatic carbocycles. The van der Waals surface area contributed by atoms with Crippen LogP contribution in [0.4, 0.5) is 4.79 Å². The van der Waals surface area contributed by atoms with Crippen molar-refractivity contribution < 1.29 is 14.1 Å². The van der Waals surface area contributed by atoms with Gasteiger partial charge in [0.2, 0.25) is 0 Å². The lowest BCUT2D eigenvalue weighted by molar-refractivity contribution is -0.590. The molecule has 0 amide bonds. The zero-order valence-corrected chi connectivity index (χ0v) is 8.73. The van der Waals surface area contributed by atoms with Crippen molar-refractivity contribution in [2.24, 2.45) is 0 Å². The highest BCUT2D eigenvalue weighted by molar-refractivity contribution is 5.81. The number of nitrogens with zero attached hydrogens (tertiary/aromatic N) is 1. The Morgan fingerprint density at radius 3 is 2.60 bits per heavy atom. The Kier molecular flexibility index (Phi) is 2.37. The SMILES string of the molecule is COC(=O)[n+]1cc2ccccc2cc1C. The van der Waals surface area contributed by atoms with Crippen LogP contribution in [0.25, 0.3) is 10.8 Å². The highest BCUT2D eigenvalue weighted by Crippen LogP contribution is 2.11. The van der Waals surface area contributed by atoms with Crippen molar-refractivity contribution in [2.75, 3.05) is 7.11 Å². The number of pyridine rings is 1. The summed E-state index contributed by atoms with van der Waals surface area (Å²) in [7, 11) is 1.38. The summed E-state index contributed by atoms with van der Waals surface area (Å²) in [5.41, 5.74) is 0.862. The second-order valence-electron chi connectivity index (χ2n) is 3.38. The summed E-state index contributed by atoms with van der Waals surface area (Å²) in [6.45, 7) is 1.88. The summed E-state index contributed by atoms with van der Waals surface area (Å²) in [5, 5.41) is 2.14. The summed E-state index contributed by atoms with van der Waals surface area (Å²) in [6, 6.07) is 9.87. The van der Waals surface area contributed by atoms with E-state index in [1.165, 1.54) is 11.7 Å². The number of fused-ring (bicyclic) bond motifs is 1. The summed E-state index contributed by atoms with van der Waals surface area (Å²) in [6.07, 6.45) is 1.43. The molecule has 0 N–H and O–H groups in total. The van der Waals surface area contributed by atoms with Crippen molar-refractivity contribution in [2.45, 2.75) is 6.92 Å². The lowest BCUT2D eigenvalue weighted by Gasteiger charge is -1.99. The lowest BCUT2D eigenvalue weighted by Crippen LogP contribution is -2.45. The molecule has 0 aliphatic carbocycles. The molecule has 0 saturated carbocycles. The molecular formula is C12H12NO2+. The monoisotopic (exact) mass is 202 g/mol. The average molecular weight is 202 g/mol. The van der Waals surface area contributed by atoms with E-state index in [2.05, 4.69) is 0 Å². The van der Waals surface area contributed by atoms with Gasteiger partial charge in [0.05, 0.1) is 7.11 Å². The molecule has 0 aliphatic rings. The second-order valence-corrected chi connectivity index (χ2v) is 3.38. The van der Waals surface area contributed by atoms with Crippen molar-refractivity contribution in [3.63, 3.8) is 0 Å². The molecule has 0 unspecified atom stereocenters. The third kappa shape index (κ3) is 1.68. The maximum atomic E-state index is 11.4. The van der Waals surface area contributed by atoms with Crippen LogP contribution < -0.4 is 4.57 Å². The van der Waals surface area contributed by atoms with Gasteiger partial charge in [0.15, 0.2) is 11.9 Å². The van der Waals surface area contributed by atoms with Gasteiger partial charge in [0.25, 0.3) is 0 Å². The van der Waals surface area contributed by atoms with Gasteiger partial charge in [-0.3, -0.25) is 0 Å². The number of ether oxygens (including phenoxy) is 1. The van der Waals surface area contributed by atoms with E-state index in [0.717, 1.165) is 16.5 Å². The van der Waals surface area contributed by atoms with E-state index in [1.54, 1.807) is 6.20 Å². The first-order chi connectivity index (χ1) is 7.22. The van der Waals surface area contributed by atoms with Crippen LogP contribution in [0.1, 0.15) is 5.69 Å². The number of benzene rings is 1. The van der Waals surface area contributed by atoms with Crippen LogP contribution in [-0.2, 0) is 4.74 Å². The molecule has 76 valence electrons. The van der Waals surface area contributed by atoms with Gasteiger partial charge in [-0.05, 0) is 11.5 Å². The van der Waals surface area contributed by atoms with E-state index < -0.39 is 0 Å². The number of methoxy groups -OCH3 is 1. The molecule has 15 heavy (non-hydrogen) atoms. The summed E-state index contributed by atoms with van der Waals surface area (Å²) in [4.78, 5) is 11.4. The quantitative estimate of drug-likeness (QED) is 0.612. The first-order valence-electron chi connectivity index (χ1n) is 4.72. The lowest BCUT2D eigenvalue weighted by atomic mass is 10.1. The molecule has 2 rings (SSSR count). The molecular weight excluding hydrogens is 190 g/mol. The number of carbonyl (C=O) groups is 1. The van der Waals surface area contributed by atoms with Crippen molar-refractivity contribution >= 4 is 16.9 Å². The number of rotatable bonds is 0. The number of carbonyl (C=O) groups excluding carboxylic acids is 1. The third-order valence-corrected chi connectivity index (χ3v) is 2.38. The van der Waals surface area contributed by atoms with Gasteiger partial charge < -0.3 is 4.74 Å². The molecule has 0 atom stereocenters. The molecule has 1 aromatic heterocycles. The Morgan fingerprint density at radius 1 is 1.27 bits per heavy atom. The molecule has 0 aliphatic heterocycles. The maximum Gasteiger partial charge on any atom is 0.601 e. The molecule has 0 fully saturated rings. The fourth-order valence-electron chi connectivity index (χ4n) is 1.59. The van der Waals surface area contributed by atoms with Gasteiger partial charge in [0, 0.05) is 18.4 Å². The average Bonchev–Trinajstić information content (AvgIpc) is 2.27. The van der Waals surface area contributed by atoms with E-state index in [4.69, 9.17) is 4.74 Å². The van der Waals surface area contributed by atoms with Crippen LogP contribution in [0.15, 0.2) is 36.5 Å². The van der Waals surface area contributed by atoms with E-state index in [1.807, 2.05) is 37.3 Å². The molecule has 0 bridgehead atoms. The fraction of sp³-hybridized carbons (Fsp3) is 0.167. The minimum atomic E-state index is -0.363. The number of hydrogen-bond acceptors (Lipinski definition) is 2. The van der Waals surface area contributed by atoms with Gasteiger partial charge in [0.1, 0.15) is 0 Å². The van der Waals surface area contributed by atoms with Crippen LogP contribution in [0.2, 0.25) is 0 Å². The smallest absolute Gasteiger partial charge is 0.415 e. The Balaban J connectivity index is 2.67. The standard InChI is InChI=1S/C12H12NO2/c1-9-7-10-5-3-4-6-11(10)8-13(9)12(14)15-2/h3-8H,1-2H3/q+1. The van der Waals surface area contributed by atoms with Crippen molar-refractivity contribution in [1.29, 1.82) is 0 Å². The van der Waals surface area contributed by atoms with E-state index in [0.29, 0.717) is 0 Å². The molecule has 0 radical (unpaired) electrons. The Bertz CT molecular complexity index is 520. The predicted molar refractivity (Wildman–Crippen MR) is 56.7 cm³/mol. The molecule has 1 heterocycles. The largest absolute Gasteiger partial charge is 0.601 e. The normalized spacial score (nSPS) is 10.3. The van der Waals surface area contributed by atoms with Crippen LogP contribution >= 0.6 is 0 Å². The number of aryl methyl sites for hydroxylation is 1. The van der Waals surface area contributed by atoms with Crippen molar-refractivity contribution in [1.82, 2.24) is 0 Å². The molecule has 3 nitrogen and oxygen atoms in total. The van der Waals surface area contributed by atoms with Gasteiger partial charge in [-0.25, -0.2) is 0 Å². The summed E-state index contributed by atoms with van der Waals surface area (Å²) in [5.74, 6) is 0.